The first-order valence-corrected chi connectivity index (χ1v) is 4.31. The lowest BCUT2D eigenvalue weighted by Crippen LogP contribution is -2.35. The molecule has 1 saturated heterocycles. The number of aliphatic hydroxyl groups excluding tert-OH is 2. The smallest absolute Gasteiger partial charge is 0.303 e. The van der Waals surface area contributed by atoms with Gasteiger partial charge in [0.2, 0.25) is 0 Å². The van der Waals surface area contributed by atoms with Crippen LogP contribution in [0.1, 0.15) is 25.7 Å². The van der Waals surface area contributed by atoms with Crippen molar-refractivity contribution in [2.75, 3.05) is 0 Å². The van der Waals surface area contributed by atoms with Crippen LogP contribution in [0.3, 0.4) is 0 Å². The Morgan fingerprint density at radius 3 is 2.62 bits per heavy atom. The predicted octanol–water partition coefficient (Wildman–Crippen LogP) is -0.290. The Balaban J connectivity index is 2.28. The van der Waals surface area contributed by atoms with Crippen molar-refractivity contribution in [2.45, 2.75) is 44.2 Å². The van der Waals surface area contributed by atoms with Gasteiger partial charge in [0.1, 0.15) is 0 Å². The van der Waals surface area contributed by atoms with Gasteiger partial charge in [-0.05, 0) is 12.8 Å². The third-order valence-corrected chi connectivity index (χ3v) is 2.04. The third kappa shape index (κ3) is 3.71. The Morgan fingerprint density at radius 1 is 1.38 bits per heavy atom. The number of aliphatic hydroxyl groups is 2. The van der Waals surface area contributed by atoms with Crippen LogP contribution < -0.4 is 0 Å². The summed E-state index contributed by atoms with van der Waals surface area (Å²) in [5, 5.41) is 26.7. The van der Waals surface area contributed by atoms with Crippen LogP contribution in [0, 0.1) is 0 Å². The topological polar surface area (TPSA) is 87.0 Å². The van der Waals surface area contributed by atoms with E-state index in [9.17, 15) is 9.90 Å². The van der Waals surface area contributed by atoms with E-state index in [-0.39, 0.29) is 18.9 Å². The van der Waals surface area contributed by atoms with E-state index >= 15 is 0 Å². The van der Waals surface area contributed by atoms with Crippen molar-refractivity contribution < 1.29 is 24.9 Å². The number of hydrogen-bond acceptors (Lipinski definition) is 4. The van der Waals surface area contributed by atoms with Gasteiger partial charge >= 0.3 is 5.97 Å². The van der Waals surface area contributed by atoms with E-state index in [1.54, 1.807) is 0 Å². The molecule has 0 aromatic rings. The van der Waals surface area contributed by atoms with Crippen molar-refractivity contribution in [2.24, 2.45) is 0 Å². The molecule has 1 aliphatic rings. The second-order valence-electron chi connectivity index (χ2n) is 3.27. The first-order valence-electron chi connectivity index (χ1n) is 4.31. The normalized spacial score (nSPS) is 34.5. The van der Waals surface area contributed by atoms with Gasteiger partial charge < -0.3 is 20.1 Å². The summed E-state index contributed by atoms with van der Waals surface area (Å²) in [5.74, 6) is -0.891. The molecular weight excluding hydrogens is 176 g/mol. The van der Waals surface area contributed by atoms with Gasteiger partial charge in [-0.25, -0.2) is 0 Å². The minimum atomic E-state index is -0.956. The van der Waals surface area contributed by atoms with Crippen molar-refractivity contribution in [3.05, 3.63) is 0 Å². The number of carboxylic acids is 1. The minimum absolute atomic E-state index is 0.00407. The van der Waals surface area contributed by atoms with Gasteiger partial charge in [-0.1, -0.05) is 0 Å². The predicted molar refractivity (Wildman–Crippen MR) is 43.0 cm³/mol. The van der Waals surface area contributed by atoms with Crippen molar-refractivity contribution in [3.8, 4) is 0 Å². The Labute approximate surface area is 75.9 Å². The van der Waals surface area contributed by atoms with Crippen LogP contribution in [-0.4, -0.2) is 39.8 Å². The maximum absolute atomic E-state index is 10.2. The molecule has 0 amide bonds. The molecule has 3 atom stereocenters. The standard InChI is InChI=1S/C8H14O5/c9-5-3-6(1-2-7(10)11)13-8(12)4-5/h5-6,8-9,12H,1-4H2,(H,10,11)/t5-,6-,8+/m1/s1. The number of carbonyl (C=O) groups is 1. The zero-order valence-corrected chi connectivity index (χ0v) is 7.22. The maximum atomic E-state index is 10.2. The molecule has 1 heterocycles. The average molecular weight is 190 g/mol. The molecule has 13 heavy (non-hydrogen) atoms. The fraction of sp³-hybridized carbons (Fsp3) is 0.875. The highest BCUT2D eigenvalue weighted by atomic mass is 16.6. The quantitative estimate of drug-likeness (QED) is 0.569. The minimum Gasteiger partial charge on any atom is -0.481 e. The second-order valence-corrected chi connectivity index (χ2v) is 3.27. The van der Waals surface area contributed by atoms with E-state index < -0.39 is 18.4 Å². The first kappa shape index (κ1) is 10.4. The lowest BCUT2D eigenvalue weighted by molar-refractivity contribution is -0.191. The Kier molecular flexibility index (Phi) is 3.65. The Morgan fingerprint density at radius 2 is 2.08 bits per heavy atom. The Hall–Kier alpha value is -0.650. The van der Waals surface area contributed by atoms with Crippen LogP contribution in [0.2, 0.25) is 0 Å². The second kappa shape index (κ2) is 4.55. The maximum Gasteiger partial charge on any atom is 0.303 e. The zero-order chi connectivity index (χ0) is 9.84. The van der Waals surface area contributed by atoms with Crippen LogP contribution in [-0.2, 0) is 9.53 Å². The molecule has 0 spiro atoms. The summed E-state index contributed by atoms with van der Waals surface area (Å²) < 4.78 is 5.04. The highest BCUT2D eigenvalue weighted by molar-refractivity contribution is 5.66. The molecule has 0 bridgehead atoms. The molecule has 0 unspecified atom stereocenters. The van der Waals surface area contributed by atoms with Gasteiger partial charge in [-0.2, -0.15) is 0 Å². The van der Waals surface area contributed by atoms with Gasteiger partial charge in [0.15, 0.2) is 6.29 Å². The molecule has 0 aromatic heterocycles. The van der Waals surface area contributed by atoms with Crippen LogP contribution in [0.25, 0.3) is 0 Å². The van der Waals surface area contributed by atoms with E-state index in [1.165, 1.54) is 0 Å². The summed E-state index contributed by atoms with van der Waals surface area (Å²) in [6, 6.07) is 0. The molecule has 5 nitrogen and oxygen atoms in total. The third-order valence-electron chi connectivity index (χ3n) is 2.04. The largest absolute Gasteiger partial charge is 0.481 e. The molecule has 76 valence electrons. The summed E-state index contributed by atoms with van der Waals surface area (Å²) in [6.45, 7) is 0. The fourth-order valence-corrected chi connectivity index (χ4v) is 1.44. The van der Waals surface area contributed by atoms with Crippen LogP contribution >= 0.6 is 0 Å². The summed E-state index contributed by atoms with van der Waals surface area (Å²) >= 11 is 0. The van der Waals surface area contributed by atoms with Gasteiger partial charge in [0, 0.05) is 12.8 Å². The van der Waals surface area contributed by atoms with E-state index in [0.717, 1.165) is 0 Å². The fourth-order valence-electron chi connectivity index (χ4n) is 1.44. The molecule has 1 aliphatic heterocycles. The number of ether oxygens (including phenoxy) is 1. The molecule has 3 N–H and O–H groups in total. The van der Waals surface area contributed by atoms with Crippen molar-refractivity contribution in [1.29, 1.82) is 0 Å². The number of carboxylic acid groups (broad SMARTS) is 1. The molecule has 0 aliphatic carbocycles. The summed E-state index contributed by atoms with van der Waals surface area (Å²) in [7, 11) is 0. The average Bonchev–Trinajstić information content (AvgIpc) is 1.99. The monoisotopic (exact) mass is 190 g/mol. The first-order chi connectivity index (χ1) is 6.08. The molecule has 1 rings (SSSR count). The summed E-state index contributed by atoms with van der Waals surface area (Å²) in [6.07, 6.45) is -0.915. The van der Waals surface area contributed by atoms with Crippen molar-refractivity contribution >= 4 is 5.97 Å². The molecule has 0 radical (unpaired) electrons. The van der Waals surface area contributed by atoms with E-state index in [0.29, 0.717) is 12.8 Å². The van der Waals surface area contributed by atoms with Crippen LogP contribution in [0.15, 0.2) is 0 Å². The zero-order valence-electron chi connectivity index (χ0n) is 7.22. The highest BCUT2D eigenvalue weighted by Gasteiger charge is 2.26. The summed E-state index contributed by atoms with van der Waals surface area (Å²) in [4.78, 5) is 10.2. The number of aliphatic carboxylic acids is 1. The van der Waals surface area contributed by atoms with E-state index in [4.69, 9.17) is 14.9 Å². The molecule has 1 fully saturated rings. The number of rotatable bonds is 3. The van der Waals surface area contributed by atoms with Gasteiger partial charge in [0.25, 0.3) is 0 Å². The summed E-state index contributed by atoms with van der Waals surface area (Å²) in [5.41, 5.74) is 0. The van der Waals surface area contributed by atoms with Crippen molar-refractivity contribution in [1.82, 2.24) is 0 Å². The van der Waals surface area contributed by atoms with Gasteiger partial charge in [-0.15, -0.1) is 0 Å². The van der Waals surface area contributed by atoms with Gasteiger partial charge in [-0.3, -0.25) is 4.79 Å². The van der Waals surface area contributed by atoms with Crippen LogP contribution in [0.5, 0.6) is 0 Å². The Bertz CT molecular complexity index is 171. The molecular formula is C8H14O5. The lowest BCUT2D eigenvalue weighted by Gasteiger charge is -2.29. The number of hydrogen-bond donors (Lipinski definition) is 3. The molecule has 0 saturated carbocycles. The molecule has 0 aromatic carbocycles. The highest BCUT2D eigenvalue weighted by Crippen LogP contribution is 2.21. The SMILES string of the molecule is O=C(O)CC[C@@H]1C[C@@H](O)C[C@@H](O)O1. The van der Waals surface area contributed by atoms with Crippen molar-refractivity contribution in [3.63, 3.8) is 0 Å². The van der Waals surface area contributed by atoms with Crippen LogP contribution in [0.4, 0.5) is 0 Å². The van der Waals surface area contributed by atoms with E-state index in [2.05, 4.69) is 0 Å². The lowest BCUT2D eigenvalue weighted by atomic mass is 10.0. The van der Waals surface area contributed by atoms with Gasteiger partial charge in [0.05, 0.1) is 12.2 Å². The van der Waals surface area contributed by atoms with E-state index in [1.807, 2.05) is 0 Å². The molecule has 5 heteroatoms.